The lowest BCUT2D eigenvalue weighted by Gasteiger charge is -2.35. The number of primary amides is 1. The third-order valence-corrected chi connectivity index (χ3v) is 6.14. The molecule has 4 rings (SSSR count). The smallest absolute Gasteiger partial charge is 0.248 e. The molecule has 1 amide bonds. The van der Waals surface area contributed by atoms with E-state index in [1.807, 2.05) is 0 Å². The highest BCUT2D eigenvalue weighted by Gasteiger charge is 2.60. The topological polar surface area (TPSA) is 117 Å². The number of amides is 1. The van der Waals surface area contributed by atoms with Gasteiger partial charge in [-0.05, 0) is 30.7 Å². The zero-order chi connectivity index (χ0) is 23.2. The van der Waals surface area contributed by atoms with Crippen LogP contribution in [0.3, 0.4) is 0 Å². The van der Waals surface area contributed by atoms with Gasteiger partial charge in [-0.3, -0.25) is 14.4 Å². The highest BCUT2D eigenvalue weighted by molar-refractivity contribution is 6.36. The fourth-order valence-corrected chi connectivity index (χ4v) is 4.38. The molecule has 0 saturated heterocycles. The lowest BCUT2D eigenvalue weighted by molar-refractivity contribution is -0.129. The fraction of sp³-hybridized carbons (Fsp3) is 0.261. The first-order valence-corrected chi connectivity index (χ1v) is 10.2. The molecule has 2 aromatic carbocycles. The largest absolute Gasteiger partial charge is 0.496 e. The molecule has 32 heavy (non-hydrogen) atoms. The fourth-order valence-electron chi connectivity index (χ4n) is 4.12. The molecule has 1 aliphatic heterocycles. The van der Waals surface area contributed by atoms with Gasteiger partial charge in [0.15, 0.2) is 5.75 Å². The second kappa shape index (κ2) is 7.87. The Morgan fingerprint density at radius 2 is 1.84 bits per heavy atom. The van der Waals surface area contributed by atoms with Crippen LogP contribution in [0.25, 0.3) is 0 Å². The maximum Gasteiger partial charge on any atom is 0.248 e. The molecule has 0 bridgehead atoms. The maximum atomic E-state index is 13.5. The molecule has 1 aliphatic carbocycles. The van der Waals surface area contributed by atoms with E-state index < -0.39 is 29.0 Å². The number of methoxy groups -OCH3 is 2. The summed E-state index contributed by atoms with van der Waals surface area (Å²) in [5.74, 6) is -1.43. The van der Waals surface area contributed by atoms with Crippen LogP contribution in [0.4, 0.5) is 5.69 Å². The van der Waals surface area contributed by atoms with E-state index in [-0.39, 0.29) is 27.8 Å². The quantitative estimate of drug-likeness (QED) is 0.662. The number of carbonyl (C=O) groups is 3. The van der Waals surface area contributed by atoms with Crippen LogP contribution in [0, 0.1) is 5.92 Å². The standard InChI is InChI=1S/C23H21ClN2O6/c1-11-8-14(26-13-6-4-12(5-7-13)22(25)29)9-17(27)23(11)21(28)18-15(30-2)10-16(31-3)19(24)20(18)32-23/h4-7,9-11,26H,8H2,1-3H3,(H2,25,29)/t11-,23+/m1/s1. The molecule has 166 valence electrons. The number of anilines is 1. The van der Waals surface area contributed by atoms with E-state index >= 15 is 0 Å². The molecule has 3 N–H and O–H groups in total. The van der Waals surface area contributed by atoms with Gasteiger partial charge in [-0.25, -0.2) is 0 Å². The first-order chi connectivity index (χ1) is 15.2. The van der Waals surface area contributed by atoms with E-state index in [4.69, 9.17) is 31.5 Å². The van der Waals surface area contributed by atoms with Gasteiger partial charge in [0.25, 0.3) is 0 Å². The Labute approximate surface area is 189 Å². The highest BCUT2D eigenvalue weighted by atomic mass is 35.5. The number of fused-ring (bicyclic) bond motifs is 1. The molecule has 0 aromatic heterocycles. The average Bonchev–Trinajstić information content (AvgIpc) is 3.08. The van der Waals surface area contributed by atoms with Crippen molar-refractivity contribution in [2.24, 2.45) is 11.7 Å². The molecule has 2 atom stereocenters. The lowest BCUT2D eigenvalue weighted by atomic mass is 9.74. The Morgan fingerprint density at radius 3 is 2.41 bits per heavy atom. The van der Waals surface area contributed by atoms with Gasteiger partial charge in [-0.1, -0.05) is 18.5 Å². The van der Waals surface area contributed by atoms with Crippen molar-refractivity contribution in [1.29, 1.82) is 0 Å². The zero-order valence-corrected chi connectivity index (χ0v) is 18.4. The van der Waals surface area contributed by atoms with E-state index in [0.717, 1.165) is 0 Å². The SMILES string of the molecule is COc1cc(OC)c2c(c1Cl)O[C@@]1(C(=O)C=C(Nc3ccc(C(N)=O)cc3)C[C@H]1C)C2=O. The van der Waals surface area contributed by atoms with Crippen LogP contribution >= 0.6 is 11.6 Å². The lowest BCUT2D eigenvalue weighted by Crippen LogP contribution is -2.55. The van der Waals surface area contributed by atoms with E-state index in [1.54, 1.807) is 31.2 Å². The van der Waals surface area contributed by atoms with Gasteiger partial charge < -0.3 is 25.3 Å². The third kappa shape index (κ3) is 3.18. The second-order valence-electron chi connectivity index (χ2n) is 7.67. The van der Waals surface area contributed by atoms with Crippen LogP contribution in [0.15, 0.2) is 42.1 Å². The van der Waals surface area contributed by atoms with Crippen LogP contribution in [0.1, 0.15) is 34.1 Å². The highest BCUT2D eigenvalue weighted by Crippen LogP contribution is 2.53. The number of hydrogen-bond acceptors (Lipinski definition) is 7. The molecule has 0 fully saturated rings. The van der Waals surface area contributed by atoms with E-state index in [1.165, 1.54) is 26.4 Å². The number of hydrogen-bond donors (Lipinski definition) is 2. The second-order valence-corrected chi connectivity index (χ2v) is 8.05. The summed E-state index contributed by atoms with van der Waals surface area (Å²) in [5, 5.41) is 3.26. The minimum absolute atomic E-state index is 0.0833. The molecule has 8 nitrogen and oxygen atoms in total. The number of rotatable bonds is 5. The third-order valence-electron chi connectivity index (χ3n) is 5.78. The molecular formula is C23H21ClN2O6. The zero-order valence-electron chi connectivity index (χ0n) is 17.7. The maximum absolute atomic E-state index is 13.5. The summed E-state index contributed by atoms with van der Waals surface area (Å²) in [6.07, 6.45) is 1.73. The van der Waals surface area contributed by atoms with E-state index in [0.29, 0.717) is 23.4 Å². The van der Waals surface area contributed by atoms with Crippen molar-refractivity contribution in [1.82, 2.24) is 0 Å². The van der Waals surface area contributed by atoms with E-state index in [9.17, 15) is 14.4 Å². The summed E-state index contributed by atoms with van der Waals surface area (Å²) in [5.41, 5.74) is 5.33. The van der Waals surface area contributed by atoms with E-state index in [2.05, 4.69) is 5.32 Å². The summed E-state index contributed by atoms with van der Waals surface area (Å²) >= 11 is 6.39. The number of Topliss-reactive ketones (excluding diaryl/α,β-unsaturated/α-hetero) is 1. The van der Waals surface area contributed by atoms with Gasteiger partial charge in [-0.15, -0.1) is 0 Å². The van der Waals surface area contributed by atoms with Crippen molar-refractivity contribution < 1.29 is 28.6 Å². The first kappa shape index (κ1) is 21.7. The Balaban J connectivity index is 1.67. The number of nitrogens with one attached hydrogen (secondary N) is 1. The van der Waals surface area contributed by atoms with Crippen LogP contribution < -0.4 is 25.3 Å². The van der Waals surface area contributed by atoms with Crippen LogP contribution in [0.5, 0.6) is 17.2 Å². The normalized spacial score (nSPS) is 21.6. The molecule has 0 saturated carbocycles. The number of nitrogens with two attached hydrogens (primary N) is 1. The molecule has 1 heterocycles. The predicted molar refractivity (Wildman–Crippen MR) is 118 cm³/mol. The number of carbonyl (C=O) groups excluding carboxylic acids is 3. The number of ketones is 2. The monoisotopic (exact) mass is 456 g/mol. The van der Waals surface area contributed by atoms with Crippen molar-refractivity contribution in [3.05, 3.63) is 58.3 Å². The van der Waals surface area contributed by atoms with Crippen LogP contribution in [0.2, 0.25) is 5.02 Å². The molecule has 0 unspecified atom stereocenters. The number of allylic oxidation sites excluding steroid dienone is 1. The summed E-state index contributed by atoms with van der Waals surface area (Å²) < 4.78 is 16.6. The van der Waals surface area contributed by atoms with Crippen molar-refractivity contribution >= 4 is 34.8 Å². The summed E-state index contributed by atoms with van der Waals surface area (Å²) in [6, 6.07) is 8.04. The minimum Gasteiger partial charge on any atom is -0.496 e. The Bertz CT molecular complexity index is 1170. The minimum atomic E-state index is -1.73. The van der Waals surface area contributed by atoms with Gasteiger partial charge >= 0.3 is 0 Å². The average molecular weight is 457 g/mol. The first-order valence-electron chi connectivity index (χ1n) is 9.83. The number of halogens is 1. The Kier molecular flexibility index (Phi) is 5.34. The van der Waals surface area contributed by atoms with Gasteiger partial charge in [0.05, 0.1) is 14.2 Å². The molecular weight excluding hydrogens is 436 g/mol. The van der Waals surface area contributed by atoms with Crippen molar-refractivity contribution in [3.8, 4) is 17.2 Å². The Morgan fingerprint density at radius 1 is 1.19 bits per heavy atom. The molecule has 2 aliphatic rings. The van der Waals surface area contributed by atoms with Gasteiger partial charge in [-0.2, -0.15) is 0 Å². The van der Waals surface area contributed by atoms with Crippen molar-refractivity contribution in [2.45, 2.75) is 18.9 Å². The summed E-state index contributed by atoms with van der Waals surface area (Å²) in [6.45, 7) is 1.77. The van der Waals surface area contributed by atoms with Crippen molar-refractivity contribution in [2.75, 3.05) is 19.5 Å². The summed E-state index contributed by atoms with van der Waals surface area (Å²) in [4.78, 5) is 38.0. The number of ether oxygens (including phenoxy) is 3. The summed E-state index contributed by atoms with van der Waals surface area (Å²) in [7, 11) is 2.85. The predicted octanol–water partition coefficient (Wildman–Crippen LogP) is 3.37. The Hall–Kier alpha value is -3.52. The molecule has 2 aromatic rings. The van der Waals surface area contributed by atoms with Gasteiger partial charge in [0.2, 0.25) is 23.1 Å². The molecule has 1 spiro atoms. The molecule has 9 heteroatoms. The molecule has 0 radical (unpaired) electrons. The van der Waals surface area contributed by atoms with Gasteiger partial charge in [0.1, 0.15) is 22.1 Å². The van der Waals surface area contributed by atoms with Crippen LogP contribution in [-0.2, 0) is 4.79 Å². The number of benzene rings is 2. The van der Waals surface area contributed by atoms with Crippen LogP contribution in [-0.4, -0.2) is 37.3 Å². The van der Waals surface area contributed by atoms with Gasteiger partial charge in [0, 0.05) is 35.0 Å². The van der Waals surface area contributed by atoms with Crippen molar-refractivity contribution in [3.63, 3.8) is 0 Å².